The summed E-state index contributed by atoms with van der Waals surface area (Å²) in [6.07, 6.45) is 9.08. The second-order valence-electron chi connectivity index (χ2n) is 6.11. The van der Waals surface area contributed by atoms with E-state index in [0.29, 0.717) is 0 Å². The van der Waals surface area contributed by atoms with E-state index in [-0.39, 0.29) is 12.5 Å². The fourth-order valence-electron chi connectivity index (χ4n) is 2.65. The van der Waals surface area contributed by atoms with E-state index >= 15 is 0 Å². The van der Waals surface area contributed by atoms with Crippen molar-refractivity contribution in [1.82, 2.24) is 5.32 Å². The molecule has 0 fully saturated rings. The van der Waals surface area contributed by atoms with Gasteiger partial charge in [0.1, 0.15) is 0 Å². The fraction of sp³-hybridized carbons (Fsp3) is 1.00. The van der Waals surface area contributed by atoms with Crippen LogP contribution in [0, 0.1) is 0 Å². The quantitative estimate of drug-likeness (QED) is 0.375. The molecule has 1 atom stereocenters. The molecule has 128 valence electrons. The van der Waals surface area contributed by atoms with Gasteiger partial charge in [0.25, 0.3) is 0 Å². The monoisotopic (exact) mass is 309 g/mol. The van der Waals surface area contributed by atoms with Gasteiger partial charge in [0, 0.05) is 12.5 Å². The summed E-state index contributed by atoms with van der Waals surface area (Å²) in [5.41, 5.74) is 0. The number of hydrogen-bond donors (Lipinski definition) is 1. The lowest BCUT2D eigenvalue weighted by Crippen LogP contribution is -2.27. The van der Waals surface area contributed by atoms with Crippen LogP contribution < -0.4 is 5.32 Å². The Morgan fingerprint density at radius 2 is 1.24 bits per heavy atom. The molecular weight excluding hydrogens is 275 g/mol. The molecule has 1 nitrogen and oxygen atoms in total. The van der Waals surface area contributed by atoms with E-state index in [9.17, 15) is 13.2 Å². The fourth-order valence-corrected chi connectivity index (χ4v) is 2.65. The Balaban J connectivity index is 3.35. The molecule has 0 aliphatic heterocycles. The third-order valence-electron chi connectivity index (χ3n) is 4.09. The van der Waals surface area contributed by atoms with Gasteiger partial charge >= 0.3 is 6.18 Å². The smallest absolute Gasteiger partial charge is 0.317 e. The first-order chi connectivity index (χ1) is 9.99. The highest BCUT2D eigenvalue weighted by Gasteiger charge is 2.27. The molecule has 1 N–H and O–H groups in total. The van der Waals surface area contributed by atoms with Gasteiger partial charge in [-0.05, 0) is 19.9 Å². The zero-order chi connectivity index (χ0) is 16.0. The molecule has 0 saturated heterocycles. The molecule has 0 spiro atoms. The molecule has 0 heterocycles. The molecule has 0 aromatic carbocycles. The molecular formula is C17H34F3N. The summed E-state index contributed by atoms with van der Waals surface area (Å²) in [7, 11) is 1.76. The Bertz CT molecular complexity index is 217. The first kappa shape index (κ1) is 20.8. The van der Waals surface area contributed by atoms with Crippen molar-refractivity contribution in [2.45, 2.75) is 103 Å². The van der Waals surface area contributed by atoms with Crippen molar-refractivity contribution in [3.8, 4) is 0 Å². The van der Waals surface area contributed by atoms with Crippen LogP contribution in [0.3, 0.4) is 0 Å². The van der Waals surface area contributed by atoms with Crippen molar-refractivity contribution < 1.29 is 13.2 Å². The van der Waals surface area contributed by atoms with E-state index in [4.69, 9.17) is 0 Å². The standard InChI is InChI=1S/C17H34F3N/c1-3-4-5-6-7-8-9-10-11-12-13-16(21-2)14-15-17(18,19)20/h16,21H,3-15H2,1-2H3. The summed E-state index contributed by atoms with van der Waals surface area (Å²) in [6.45, 7) is 2.23. The minimum absolute atomic E-state index is 0.0145. The van der Waals surface area contributed by atoms with Crippen LogP contribution in [-0.2, 0) is 0 Å². The number of rotatable bonds is 14. The summed E-state index contributed by atoms with van der Waals surface area (Å²) in [5.74, 6) is 0. The van der Waals surface area contributed by atoms with E-state index in [1.807, 2.05) is 0 Å². The number of alkyl halides is 3. The van der Waals surface area contributed by atoms with Gasteiger partial charge in [-0.3, -0.25) is 0 Å². The maximum Gasteiger partial charge on any atom is 0.389 e. The van der Waals surface area contributed by atoms with Crippen molar-refractivity contribution in [1.29, 1.82) is 0 Å². The SMILES string of the molecule is CCCCCCCCCCCCC(CCC(F)(F)F)NC. The van der Waals surface area contributed by atoms with Crippen LogP contribution in [0.4, 0.5) is 13.2 Å². The van der Waals surface area contributed by atoms with E-state index < -0.39 is 12.6 Å². The number of unbranched alkanes of at least 4 members (excludes halogenated alkanes) is 9. The molecule has 0 saturated carbocycles. The predicted octanol–water partition coefficient (Wildman–Crippen LogP) is 6.23. The maximum absolute atomic E-state index is 12.2. The summed E-state index contributed by atoms with van der Waals surface area (Å²) in [4.78, 5) is 0. The van der Waals surface area contributed by atoms with Gasteiger partial charge in [0.05, 0.1) is 0 Å². The normalized spacial score (nSPS) is 13.6. The van der Waals surface area contributed by atoms with Crippen molar-refractivity contribution in [2.24, 2.45) is 0 Å². The molecule has 0 radical (unpaired) electrons. The zero-order valence-corrected chi connectivity index (χ0v) is 13.9. The zero-order valence-electron chi connectivity index (χ0n) is 13.9. The van der Waals surface area contributed by atoms with Crippen LogP contribution in [-0.4, -0.2) is 19.3 Å². The number of hydrogen-bond acceptors (Lipinski definition) is 1. The van der Waals surface area contributed by atoms with Crippen LogP contribution >= 0.6 is 0 Å². The molecule has 0 rings (SSSR count). The Morgan fingerprint density at radius 1 is 0.762 bits per heavy atom. The highest BCUT2D eigenvalue weighted by molar-refractivity contribution is 4.67. The minimum Gasteiger partial charge on any atom is -0.317 e. The molecule has 0 amide bonds. The average Bonchev–Trinajstić information content (AvgIpc) is 2.43. The van der Waals surface area contributed by atoms with Crippen LogP contribution in [0.25, 0.3) is 0 Å². The number of halogens is 3. The van der Waals surface area contributed by atoms with Gasteiger partial charge < -0.3 is 5.32 Å². The molecule has 4 heteroatoms. The average molecular weight is 309 g/mol. The predicted molar refractivity (Wildman–Crippen MR) is 84.6 cm³/mol. The van der Waals surface area contributed by atoms with Gasteiger partial charge in [-0.2, -0.15) is 13.2 Å². The number of nitrogens with one attached hydrogen (secondary N) is 1. The molecule has 0 aliphatic rings. The first-order valence-corrected chi connectivity index (χ1v) is 8.73. The summed E-state index contributed by atoms with van der Waals surface area (Å²) in [6, 6.07) is 0.0145. The molecule has 0 aliphatic carbocycles. The van der Waals surface area contributed by atoms with Crippen molar-refractivity contribution in [3.63, 3.8) is 0 Å². The molecule has 1 unspecified atom stereocenters. The second kappa shape index (κ2) is 13.4. The summed E-state index contributed by atoms with van der Waals surface area (Å²) >= 11 is 0. The molecule has 0 bridgehead atoms. The van der Waals surface area contributed by atoms with Crippen LogP contribution in [0.2, 0.25) is 0 Å². The molecule has 21 heavy (non-hydrogen) atoms. The Morgan fingerprint density at radius 3 is 1.67 bits per heavy atom. The van der Waals surface area contributed by atoms with E-state index in [1.165, 1.54) is 51.4 Å². The highest BCUT2D eigenvalue weighted by Crippen LogP contribution is 2.23. The van der Waals surface area contributed by atoms with Gasteiger partial charge in [-0.1, -0.05) is 71.1 Å². The van der Waals surface area contributed by atoms with Crippen LogP contribution in [0.5, 0.6) is 0 Å². The van der Waals surface area contributed by atoms with E-state index in [0.717, 1.165) is 19.3 Å². The third-order valence-corrected chi connectivity index (χ3v) is 4.09. The van der Waals surface area contributed by atoms with Crippen molar-refractivity contribution in [3.05, 3.63) is 0 Å². The van der Waals surface area contributed by atoms with Crippen LogP contribution in [0.15, 0.2) is 0 Å². The third kappa shape index (κ3) is 16.0. The lowest BCUT2D eigenvalue weighted by atomic mass is 10.0. The van der Waals surface area contributed by atoms with E-state index in [1.54, 1.807) is 7.05 Å². The summed E-state index contributed by atoms with van der Waals surface area (Å²) < 4.78 is 36.5. The largest absolute Gasteiger partial charge is 0.389 e. The first-order valence-electron chi connectivity index (χ1n) is 8.73. The van der Waals surface area contributed by atoms with E-state index in [2.05, 4.69) is 12.2 Å². The lowest BCUT2D eigenvalue weighted by Gasteiger charge is -2.17. The van der Waals surface area contributed by atoms with Crippen molar-refractivity contribution in [2.75, 3.05) is 7.05 Å². The van der Waals surface area contributed by atoms with Gasteiger partial charge in [0.2, 0.25) is 0 Å². The summed E-state index contributed by atoms with van der Waals surface area (Å²) in [5, 5.41) is 3.01. The highest BCUT2D eigenvalue weighted by atomic mass is 19.4. The minimum atomic E-state index is -4.02. The molecule has 0 aromatic rings. The molecule has 0 aromatic heterocycles. The van der Waals surface area contributed by atoms with Gasteiger partial charge in [-0.25, -0.2) is 0 Å². The van der Waals surface area contributed by atoms with Gasteiger partial charge in [0.15, 0.2) is 0 Å². The van der Waals surface area contributed by atoms with Crippen molar-refractivity contribution >= 4 is 0 Å². The second-order valence-corrected chi connectivity index (χ2v) is 6.11. The van der Waals surface area contributed by atoms with Gasteiger partial charge in [-0.15, -0.1) is 0 Å². The topological polar surface area (TPSA) is 12.0 Å². The Kier molecular flexibility index (Phi) is 13.3. The van der Waals surface area contributed by atoms with Crippen LogP contribution in [0.1, 0.15) is 90.4 Å². The Hall–Kier alpha value is -0.250. The Labute approximate surface area is 129 Å². The lowest BCUT2D eigenvalue weighted by molar-refractivity contribution is -0.136. The maximum atomic E-state index is 12.2.